The second-order valence-corrected chi connectivity index (χ2v) is 8.95. The van der Waals surface area contributed by atoms with Crippen molar-refractivity contribution in [2.75, 3.05) is 0 Å². The highest BCUT2D eigenvalue weighted by Crippen LogP contribution is 2.40. The minimum atomic E-state index is 0.127. The Morgan fingerprint density at radius 2 is 1.86 bits per heavy atom. The third kappa shape index (κ3) is 4.37. The Hall–Kier alpha value is -0.730. The van der Waals surface area contributed by atoms with Gasteiger partial charge in [-0.1, -0.05) is 61.6 Å². The van der Waals surface area contributed by atoms with Crippen molar-refractivity contribution in [3.63, 3.8) is 0 Å². The highest BCUT2D eigenvalue weighted by molar-refractivity contribution is 7.98. The summed E-state index contributed by atoms with van der Waals surface area (Å²) < 4.78 is 4.08. The van der Waals surface area contributed by atoms with Gasteiger partial charge >= 0.3 is 0 Å². The zero-order valence-corrected chi connectivity index (χ0v) is 14.8. The van der Waals surface area contributed by atoms with E-state index in [-0.39, 0.29) is 10.3 Å². The molecular weight excluding hydrogens is 274 g/mol. The maximum atomic E-state index is 4.09. The lowest BCUT2D eigenvalue weighted by molar-refractivity contribution is 0.280. The van der Waals surface area contributed by atoms with Crippen molar-refractivity contribution >= 4 is 17.5 Å². The predicted molar refractivity (Wildman–Crippen MR) is 96.4 cm³/mol. The molecule has 0 aromatic heterocycles. The number of benzene rings is 1. The largest absolute Gasteiger partial charge is 0.253 e. The van der Waals surface area contributed by atoms with Crippen molar-refractivity contribution in [2.45, 2.75) is 70.1 Å². The molecule has 21 heavy (non-hydrogen) atoms. The predicted octanol–water partition coefficient (Wildman–Crippen LogP) is 5.92. The lowest BCUT2D eigenvalue weighted by Crippen LogP contribution is -2.42. The summed E-state index contributed by atoms with van der Waals surface area (Å²) in [6.07, 6.45) is 6.46. The summed E-state index contributed by atoms with van der Waals surface area (Å²) in [5.74, 6) is 0. The third-order valence-corrected chi connectivity index (χ3v) is 5.27. The van der Waals surface area contributed by atoms with E-state index in [4.69, 9.17) is 0 Å². The highest BCUT2D eigenvalue weighted by atomic mass is 32.2. The zero-order chi connectivity index (χ0) is 15.5. The van der Waals surface area contributed by atoms with Crippen molar-refractivity contribution < 1.29 is 0 Å². The SMILES string of the molecule is C=C(C)c1cccc(C2(NSC(C)(C)C)CCCCC2)c1. The molecule has 1 fully saturated rings. The molecular formula is C19H29NS. The summed E-state index contributed by atoms with van der Waals surface area (Å²) in [4.78, 5) is 0. The van der Waals surface area contributed by atoms with E-state index in [9.17, 15) is 0 Å². The first-order valence-corrected chi connectivity index (χ1v) is 8.86. The molecule has 1 aliphatic carbocycles. The van der Waals surface area contributed by atoms with E-state index in [1.54, 1.807) is 0 Å². The van der Waals surface area contributed by atoms with Crippen molar-refractivity contribution in [3.8, 4) is 0 Å². The number of hydrogen-bond donors (Lipinski definition) is 1. The molecule has 1 aromatic rings. The maximum absolute atomic E-state index is 4.09. The summed E-state index contributed by atoms with van der Waals surface area (Å²) in [5, 5.41) is 0. The number of nitrogens with one attached hydrogen (secondary N) is 1. The molecule has 1 nitrogen and oxygen atoms in total. The fourth-order valence-corrected chi connectivity index (χ4v) is 3.76. The standard InChI is InChI=1S/C19H29NS/c1-15(2)16-10-9-11-17(14-16)19(12-7-6-8-13-19)20-21-18(3,4)5/h9-11,14,20H,1,6-8,12-13H2,2-5H3. The molecule has 0 heterocycles. The molecule has 0 spiro atoms. The highest BCUT2D eigenvalue weighted by Gasteiger charge is 2.35. The first kappa shape index (κ1) is 16.6. The van der Waals surface area contributed by atoms with Gasteiger partial charge in [0.1, 0.15) is 0 Å². The second kappa shape index (κ2) is 6.58. The molecule has 1 aromatic carbocycles. The van der Waals surface area contributed by atoms with Crippen LogP contribution in [-0.4, -0.2) is 4.75 Å². The number of hydrogen-bond acceptors (Lipinski definition) is 2. The van der Waals surface area contributed by atoms with Crippen LogP contribution in [0, 0.1) is 0 Å². The smallest absolute Gasteiger partial charge is 0.0531 e. The normalized spacial score (nSPS) is 18.5. The van der Waals surface area contributed by atoms with E-state index in [0.717, 1.165) is 5.57 Å². The lowest BCUT2D eigenvalue weighted by atomic mass is 9.77. The van der Waals surface area contributed by atoms with Crippen LogP contribution in [-0.2, 0) is 5.54 Å². The van der Waals surface area contributed by atoms with E-state index in [2.05, 4.69) is 63.3 Å². The Kier molecular flexibility index (Phi) is 5.21. The summed E-state index contributed by atoms with van der Waals surface area (Å²) in [6.45, 7) is 13.0. The van der Waals surface area contributed by atoms with Crippen LogP contribution in [0.4, 0.5) is 0 Å². The fraction of sp³-hybridized carbons (Fsp3) is 0.579. The number of allylic oxidation sites excluding steroid dienone is 1. The first-order chi connectivity index (χ1) is 9.82. The quantitative estimate of drug-likeness (QED) is 0.693. The Balaban J connectivity index is 2.30. The van der Waals surface area contributed by atoms with Gasteiger partial charge in [0.05, 0.1) is 5.54 Å². The van der Waals surface area contributed by atoms with Crippen molar-refractivity contribution in [2.24, 2.45) is 0 Å². The average molecular weight is 304 g/mol. The number of rotatable bonds is 4. The van der Waals surface area contributed by atoms with Gasteiger partial charge in [-0.2, -0.15) is 0 Å². The van der Waals surface area contributed by atoms with E-state index in [1.807, 2.05) is 11.9 Å². The Labute approximate surface area is 134 Å². The van der Waals surface area contributed by atoms with Crippen LogP contribution in [0.3, 0.4) is 0 Å². The molecule has 0 aliphatic heterocycles. The molecule has 2 heteroatoms. The molecule has 0 unspecified atom stereocenters. The maximum Gasteiger partial charge on any atom is 0.0531 e. The molecule has 1 aliphatic rings. The zero-order valence-electron chi connectivity index (χ0n) is 14.0. The lowest BCUT2D eigenvalue weighted by Gasteiger charge is -2.40. The van der Waals surface area contributed by atoms with Gasteiger partial charge in [-0.05, 0) is 57.7 Å². The monoisotopic (exact) mass is 303 g/mol. The molecule has 0 saturated heterocycles. The fourth-order valence-electron chi connectivity index (χ4n) is 2.94. The van der Waals surface area contributed by atoms with Crippen molar-refractivity contribution in [1.82, 2.24) is 4.72 Å². The van der Waals surface area contributed by atoms with E-state index >= 15 is 0 Å². The van der Waals surface area contributed by atoms with E-state index in [1.165, 1.54) is 43.2 Å². The minimum Gasteiger partial charge on any atom is -0.253 e. The molecule has 0 bridgehead atoms. The van der Waals surface area contributed by atoms with Crippen LogP contribution in [0.25, 0.3) is 5.57 Å². The van der Waals surface area contributed by atoms with Gasteiger partial charge in [-0.15, -0.1) is 0 Å². The molecule has 0 amide bonds. The Morgan fingerprint density at radius 3 is 2.43 bits per heavy atom. The van der Waals surface area contributed by atoms with Crippen LogP contribution in [0.1, 0.15) is 70.9 Å². The van der Waals surface area contributed by atoms with Crippen molar-refractivity contribution in [3.05, 3.63) is 42.0 Å². The van der Waals surface area contributed by atoms with Gasteiger partial charge < -0.3 is 0 Å². The van der Waals surface area contributed by atoms with Crippen LogP contribution in [0.2, 0.25) is 0 Å². The van der Waals surface area contributed by atoms with Crippen molar-refractivity contribution in [1.29, 1.82) is 0 Å². The molecule has 1 N–H and O–H groups in total. The molecule has 0 radical (unpaired) electrons. The summed E-state index contributed by atoms with van der Waals surface area (Å²) in [6, 6.07) is 8.97. The second-order valence-electron chi connectivity index (χ2n) is 7.32. The van der Waals surface area contributed by atoms with Crippen LogP contribution in [0.15, 0.2) is 30.8 Å². The first-order valence-electron chi connectivity index (χ1n) is 8.04. The summed E-state index contributed by atoms with van der Waals surface area (Å²) in [7, 11) is 0. The van der Waals surface area contributed by atoms with Gasteiger partial charge in [0.15, 0.2) is 0 Å². The summed E-state index contributed by atoms with van der Waals surface area (Å²) in [5.41, 5.74) is 3.97. The van der Waals surface area contributed by atoms with Gasteiger partial charge in [0, 0.05) is 4.75 Å². The molecule has 0 atom stereocenters. The van der Waals surface area contributed by atoms with Gasteiger partial charge in [-0.3, -0.25) is 4.72 Å². The Morgan fingerprint density at radius 1 is 1.19 bits per heavy atom. The molecule has 2 rings (SSSR count). The molecule has 116 valence electrons. The Bertz CT molecular complexity index is 493. The minimum absolute atomic E-state index is 0.127. The van der Waals surface area contributed by atoms with Gasteiger partial charge in [0.2, 0.25) is 0 Å². The van der Waals surface area contributed by atoms with E-state index < -0.39 is 0 Å². The van der Waals surface area contributed by atoms with Gasteiger partial charge in [-0.25, -0.2) is 0 Å². The van der Waals surface area contributed by atoms with Crippen LogP contribution < -0.4 is 4.72 Å². The van der Waals surface area contributed by atoms with Crippen LogP contribution in [0.5, 0.6) is 0 Å². The van der Waals surface area contributed by atoms with Gasteiger partial charge in [0.25, 0.3) is 0 Å². The average Bonchev–Trinajstić information content (AvgIpc) is 2.45. The molecule has 1 saturated carbocycles. The topological polar surface area (TPSA) is 12.0 Å². The third-order valence-electron chi connectivity index (χ3n) is 4.17. The van der Waals surface area contributed by atoms with Crippen LogP contribution >= 0.6 is 11.9 Å². The summed E-state index contributed by atoms with van der Waals surface area (Å²) >= 11 is 1.88. The van der Waals surface area contributed by atoms with E-state index in [0.29, 0.717) is 0 Å².